The first kappa shape index (κ1) is 21.7. The molecule has 0 spiro atoms. The Balaban J connectivity index is 1.21. The van der Waals surface area contributed by atoms with Crippen molar-refractivity contribution in [3.05, 3.63) is 82.3 Å². The zero-order valence-corrected chi connectivity index (χ0v) is 19.4. The van der Waals surface area contributed by atoms with Gasteiger partial charge in [0.1, 0.15) is 0 Å². The minimum atomic E-state index is -0.425. The minimum Gasteiger partial charge on any atom is -0.390 e. The average Bonchev–Trinajstić information content (AvgIpc) is 3.11. The molecule has 1 aliphatic rings. The summed E-state index contributed by atoms with van der Waals surface area (Å²) in [5.41, 5.74) is 3.46. The lowest BCUT2D eigenvalue weighted by molar-refractivity contribution is 0.0634. The number of piperazine rings is 1. The Morgan fingerprint density at radius 3 is 1.97 bits per heavy atom. The first-order valence-electron chi connectivity index (χ1n) is 11.1. The maximum Gasteiger partial charge on any atom is 0.0845 e. The molecule has 2 heterocycles. The largest absolute Gasteiger partial charge is 0.390 e. The SMILES string of the molecule is OC(CN1CCN(Cc2ccc(Cl)cc2Cl)CC1)Cn1c2ccccc2c2ccccc21. The lowest BCUT2D eigenvalue weighted by Gasteiger charge is -2.35. The van der Waals surface area contributed by atoms with Gasteiger partial charge in [0, 0.05) is 71.1 Å². The van der Waals surface area contributed by atoms with Crippen LogP contribution in [0, 0.1) is 0 Å². The van der Waals surface area contributed by atoms with E-state index < -0.39 is 6.10 Å². The molecule has 1 aromatic heterocycles. The number of aliphatic hydroxyl groups is 1. The standard InChI is InChI=1S/C26H27Cl2N3O/c27-20-10-9-19(24(28)15-20)16-29-11-13-30(14-12-29)17-21(32)18-31-25-7-3-1-5-22(25)23-6-2-4-8-26(23)31/h1-10,15,21,32H,11-14,16-18H2. The van der Waals surface area contributed by atoms with Crippen molar-refractivity contribution in [2.45, 2.75) is 19.2 Å². The molecule has 1 atom stereocenters. The Morgan fingerprint density at radius 1 is 0.750 bits per heavy atom. The summed E-state index contributed by atoms with van der Waals surface area (Å²) in [6.07, 6.45) is -0.425. The van der Waals surface area contributed by atoms with Crippen molar-refractivity contribution >= 4 is 45.0 Å². The summed E-state index contributed by atoms with van der Waals surface area (Å²) in [6, 6.07) is 22.6. The molecule has 0 radical (unpaired) electrons. The molecule has 6 heteroatoms. The van der Waals surface area contributed by atoms with Gasteiger partial charge in [-0.1, -0.05) is 65.7 Å². The van der Waals surface area contributed by atoms with Crippen molar-refractivity contribution in [1.29, 1.82) is 0 Å². The van der Waals surface area contributed by atoms with Gasteiger partial charge in [-0.25, -0.2) is 0 Å². The Morgan fingerprint density at radius 2 is 1.34 bits per heavy atom. The predicted octanol–water partition coefficient (Wildman–Crippen LogP) is 5.28. The Kier molecular flexibility index (Phi) is 6.40. The van der Waals surface area contributed by atoms with E-state index in [1.54, 1.807) is 6.07 Å². The van der Waals surface area contributed by atoms with Gasteiger partial charge in [-0.2, -0.15) is 0 Å². The van der Waals surface area contributed by atoms with Crippen LogP contribution in [0.2, 0.25) is 10.0 Å². The van der Waals surface area contributed by atoms with Crippen molar-refractivity contribution in [1.82, 2.24) is 14.4 Å². The number of aliphatic hydroxyl groups excluding tert-OH is 1. The molecule has 0 amide bonds. The second-order valence-corrected chi connectivity index (χ2v) is 9.45. The van der Waals surface area contributed by atoms with Gasteiger partial charge in [-0.05, 0) is 29.8 Å². The van der Waals surface area contributed by atoms with Crippen LogP contribution in [0.4, 0.5) is 0 Å². The number of halogens is 2. The zero-order valence-electron chi connectivity index (χ0n) is 17.9. The van der Waals surface area contributed by atoms with Crippen LogP contribution in [-0.4, -0.2) is 58.3 Å². The van der Waals surface area contributed by atoms with Gasteiger partial charge in [0.05, 0.1) is 12.6 Å². The highest BCUT2D eigenvalue weighted by atomic mass is 35.5. The fraction of sp³-hybridized carbons (Fsp3) is 0.308. The van der Waals surface area contributed by atoms with Gasteiger partial charge in [0.2, 0.25) is 0 Å². The van der Waals surface area contributed by atoms with E-state index in [0.29, 0.717) is 18.1 Å². The van der Waals surface area contributed by atoms with E-state index >= 15 is 0 Å². The molecule has 0 bridgehead atoms. The van der Waals surface area contributed by atoms with Crippen LogP contribution < -0.4 is 0 Å². The summed E-state index contributed by atoms with van der Waals surface area (Å²) in [4.78, 5) is 4.77. The van der Waals surface area contributed by atoms with E-state index in [9.17, 15) is 5.11 Å². The van der Waals surface area contributed by atoms with Crippen LogP contribution in [0.1, 0.15) is 5.56 Å². The van der Waals surface area contributed by atoms with Crippen molar-refractivity contribution in [3.63, 3.8) is 0 Å². The zero-order chi connectivity index (χ0) is 22.1. The van der Waals surface area contributed by atoms with Crippen molar-refractivity contribution in [2.75, 3.05) is 32.7 Å². The highest BCUT2D eigenvalue weighted by molar-refractivity contribution is 6.35. The fourth-order valence-electron chi connectivity index (χ4n) is 4.79. The van der Waals surface area contributed by atoms with Crippen molar-refractivity contribution in [2.24, 2.45) is 0 Å². The topological polar surface area (TPSA) is 31.6 Å². The quantitative estimate of drug-likeness (QED) is 0.418. The third-order valence-electron chi connectivity index (χ3n) is 6.42. The van der Waals surface area contributed by atoms with E-state index in [4.69, 9.17) is 23.2 Å². The predicted molar refractivity (Wildman–Crippen MR) is 134 cm³/mol. The number of hydrogen-bond donors (Lipinski definition) is 1. The van der Waals surface area contributed by atoms with Crippen molar-refractivity contribution < 1.29 is 5.11 Å². The van der Waals surface area contributed by atoms with Gasteiger partial charge < -0.3 is 9.67 Å². The van der Waals surface area contributed by atoms with E-state index in [2.05, 4.69) is 62.9 Å². The number of fused-ring (bicyclic) bond motifs is 3. The summed E-state index contributed by atoms with van der Waals surface area (Å²) < 4.78 is 2.26. The molecule has 4 aromatic rings. The molecule has 0 aliphatic carbocycles. The smallest absolute Gasteiger partial charge is 0.0845 e. The molecule has 3 aromatic carbocycles. The monoisotopic (exact) mass is 467 g/mol. The van der Waals surface area contributed by atoms with Crippen LogP contribution in [0.3, 0.4) is 0 Å². The summed E-state index contributed by atoms with van der Waals surface area (Å²) in [6.45, 7) is 5.89. The first-order chi connectivity index (χ1) is 15.6. The van der Waals surface area contributed by atoms with Crippen molar-refractivity contribution in [3.8, 4) is 0 Å². The normalized spacial score (nSPS) is 16.7. The van der Waals surface area contributed by atoms with Crippen LogP contribution >= 0.6 is 23.2 Å². The molecule has 1 saturated heterocycles. The van der Waals surface area contributed by atoms with E-state index in [0.717, 1.165) is 43.3 Å². The number of benzene rings is 3. The molecule has 1 unspecified atom stereocenters. The number of hydrogen-bond acceptors (Lipinski definition) is 3. The number of β-amino-alcohol motifs (C(OH)–C–C–N with tert-alkyl or cyclic N) is 1. The molecule has 166 valence electrons. The van der Waals surface area contributed by atoms with E-state index in [1.165, 1.54) is 21.8 Å². The summed E-state index contributed by atoms with van der Waals surface area (Å²) in [7, 11) is 0. The molecular weight excluding hydrogens is 441 g/mol. The summed E-state index contributed by atoms with van der Waals surface area (Å²) in [5, 5.41) is 14.8. The second kappa shape index (κ2) is 9.42. The summed E-state index contributed by atoms with van der Waals surface area (Å²) >= 11 is 12.4. The van der Waals surface area contributed by atoms with Crippen LogP contribution in [0.15, 0.2) is 66.7 Å². The molecule has 1 N–H and O–H groups in total. The molecule has 1 aliphatic heterocycles. The Hall–Kier alpha value is -2.08. The van der Waals surface area contributed by atoms with Gasteiger partial charge in [0.15, 0.2) is 0 Å². The fourth-order valence-corrected chi connectivity index (χ4v) is 5.26. The van der Waals surface area contributed by atoms with E-state index in [-0.39, 0.29) is 0 Å². The Bertz CT molecular complexity index is 1180. The highest BCUT2D eigenvalue weighted by Gasteiger charge is 2.21. The first-order valence-corrected chi connectivity index (χ1v) is 11.9. The number of aromatic nitrogens is 1. The maximum atomic E-state index is 10.9. The summed E-state index contributed by atoms with van der Waals surface area (Å²) in [5.74, 6) is 0. The van der Waals surface area contributed by atoms with Gasteiger partial charge >= 0.3 is 0 Å². The second-order valence-electron chi connectivity index (χ2n) is 8.61. The van der Waals surface area contributed by atoms with E-state index in [1.807, 2.05) is 12.1 Å². The number of para-hydroxylation sites is 2. The van der Waals surface area contributed by atoms with Crippen LogP contribution in [0.25, 0.3) is 21.8 Å². The third kappa shape index (κ3) is 4.52. The third-order valence-corrected chi connectivity index (χ3v) is 7.00. The highest BCUT2D eigenvalue weighted by Crippen LogP contribution is 2.29. The van der Waals surface area contributed by atoms with Gasteiger partial charge in [0.25, 0.3) is 0 Å². The molecule has 32 heavy (non-hydrogen) atoms. The number of rotatable bonds is 6. The van der Waals surface area contributed by atoms with Crippen LogP contribution in [0.5, 0.6) is 0 Å². The molecule has 5 rings (SSSR count). The minimum absolute atomic E-state index is 0.425. The molecule has 4 nitrogen and oxygen atoms in total. The molecule has 0 saturated carbocycles. The maximum absolute atomic E-state index is 10.9. The lowest BCUT2D eigenvalue weighted by atomic mass is 10.2. The van der Waals surface area contributed by atoms with Gasteiger partial charge in [-0.15, -0.1) is 0 Å². The Labute approximate surface area is 198 Å². The average molecular weight is 468 g/mol. The number of nitrogens with zero attached hydrogens (tertiary/aromatic N) is 3. The lowest BCUT2D eigenvalue weighted by Crippen LogP contribution is -2.48. The van der Waals surface area contributed by atoms with Crippen LogP contribution in [-0.2, 0) is 13.1 Å². The van der Waals surface area contributed by atoms with Gasteiger partial charge in [-0.3, -0.25) is 9.80 Å². The molecular formula is C26H27Cl2N3O. The molecule has 1 fully saturated rings.